The van der Waals surface area contributed by atoms with Crippen LogP contribution in [-0.2, 0) is 4.74 Å². The normalized spacial score (nSPS) is 19.5. The number of imidazole rings is 1. The number of fused-ring (bicyclic) bond motifs is 1. The highest BCUT2D eigenvalue weighted by atomic mass is 16.5. The van der Waals surface area contributed by atoms with Crippen LogP contribution in [0.3, 0.4) is 0 Å². The molecule has 1 amide bonds. The third-order valence-corrected chi connectivity index (χ3v) is 4.28. The minimum Gasteiger partial charge on any atom is -0.465 e. The van der Waals surface area contributed by atoms with Crippen LogP contribution in [0.15, 0.2) is 18.5 Å². The summed E-state index contributed by atoms with van der Waals surface area (Å²) in [5.74, 6) is 0.162. The molecule has 22 heavy (non-hydrogen) atoms. The van der Waals surface area contributed by atoms with Gasteiger partial charge in [-0.15, -0.1) is 0 Å². The standard InChI is InChI=1S/C14H17N5O3/c20-14(21)18-7-10(8-18)11-9-19-13(16-11)12(1-2-15-19)17-3-5-22-6-4-17/h1-2,9-10H,3-8H2,(H,20,21). The minimum absolute atomic E-state index is 0.162. The number of nitrogens with zero attached hydrogens (tertiary/aromatic N) is 5. The first kappa shape index (κ1) is 13.3. The van der Waals surface area contributed by atoms with Gasteiger partial charge in [-0.3, -0.25) is 0 Å². The van der Waals surface area contributed by atoms with Crippen molar-refractivity contribution in [3.05, 3.63) is 24.2 Å². The van der Waals surface area contributed by atoms with Crippen molar-refractivity contribution in [1.29, 1.82) is 0 Å². The summed E-state index contributed by atoms with van der Waals surface area (Å²) in [5, 5.41) is 13.2. The van der Waals surface area contributed by atoms with Crippen LogP contribution in [0.25, 0.3) is 5.65 Å². The van der Waals surface area contributed by atoms with Gasteiger partial charge < -0.3 is 19.6 Å². The van der Waals surface area contributed by atoms with Crippen LogP contribution in [-0.4, -0.2) is 70.1 Å². The number of carboxylic acid groups (broad SMARTS) is 1. The number of hydrogen-bond donors (Lipinski definition) is 1. The van der Waals surface area contributed by atoms with Gasteiger partial charge in [0.1, 0.15) is 0 Å². The van der Waals surface area contributed by atoms with Crippen molar-refractivity contribution in [3.8, 4) is 0 Å². The molecule has 2 aromatic rings. The van der Waals surface area contributed by atoms with Crippen molar-refractivity contribution < 1.29 is 14.6 Å². The summed E-state index contributed by atoms with van der Waals surface area (Å²) in [7, 11) is 0. The molecule has 4 rings (SSSR count). The van der Waals surface area contributed by atoms with E-state index in [0.717, 1.165) is 43.3 Å². The molecule has 1 N–H and O–H groups in total. The van der Waals surface area contributed by atoms with Gasteiger partial charge in [0.05, 0.1) is 37.0 Å². The van der Waals surface area contributed by atoms with Crippen LogP contribution in [0.5, 0.6) is 0 Å². The number of aromatic nitrogens is 3. The fourth-order valence-corrected chi connectivity index (χ4v) is 2.97. The van der Waals surface area contributed by atoms with E-state index in [2.05, 4.69) is 10.00 Å². The van der Waals surface area contributed by atoms with Gasteiger partial charge in [-0.05, 0) is 6.07 Å². The van der Waals surface area contributed by atoms with Crippen LogP contribution < -0.4 is 4.90 Å². The zero-order chi connectivity index (χ0) is 15.1. The Morgan fingerprint density at radius 1 is 1.32 bits per heavy atom. The van der Waals surface area contributed by atoms with E-state index in [0.29, 0.717) is 13.1 Å². The highest BCUT2D eigenvalue weighted by molar-refractivity contribution is 5.69. The van der Waals surface area contributed by atoms with E-state index in [1.54, 1.807) is 10.7 Å². The molecule has 0 saturated carbocycles. The van der Waals surface area contributed by atoms with Crippen molar-refractivity contribution in [1.82, 2.24) is 19.5 Å². The van der Waals surface area contributed by atoms with Crippen LogP contribution in [0.2, 0.25) is 0 Å². The monoisotopic (exact) mass is 303 g/mol. The smallest absolute Gasteiger partial charge is 0.407 e. The fourth-order valence-electron chi connectivity index (χ4n) is 2.97. The van der Waals surface area contributed by atoms with E-state index in [-0.39, 0.29) is 5.92 Å². The summed E-state index contributed by atoms with van der Waals surface area (Å²) in [6.07, 6.45) is 2.81. The third-order valence-electron chi connectivity index (χ3n) is 4.28. The van der Waals surface area contributed by atoms with Gasteiger partial charge in [-0.2, -0.15) is 5.10 Å². The quantitative estimate of drug-likeness (QED) is 0.877. The first-order chi connectivity index (χ1) is 10.7. The first-order valence-corrected chi connectivity index (χ1v) is 7.37. The fraction of sp³-hybridized carbons (Fsp3) is 0.500. The molecule has 2 fully saturated rings. The van der Waals surface area contributed by atoms with Gasteiger partial charge in [0.25, 0.3) is 0 Å². The highest BCUT2D eigenvalue weighted by Crippen LogP contribution is 2.28. The van der Waals surface area contributed by atoms with Crippen LogP contribution in [0.4, 0.5) is 10.5 Å². The summed E-state index contributed by atoms with van der Waals surface area (Å²) < 4.78 is 7.17. The average molecular weight is 303 g/mol. The summed E-state index contributed by atoms with van der Waals surface area (Å²) in [5.41, 5.74) is 2.79. The zero-order valence-electron chi connectivity index (χ0n) is 12.1. The molecule has 0 aliphatic carbocycles. The Bertz CT molecular complexity index is 704. The molecule has 0 radical (unpaired) electrons. The second-order valence-corrected chi connectivity index (χ2v) is 5.63. The Kier molecular flexibility index (Phi) is 3.11. The van der Waals surface area contributed by atoms with Gasteiger partial charge in [0.2, 0.25) is 0 Å². The molecule has 0 atom stereocenters. The Morgan fingerprint density at radius 3 is 2.82 bits per heavy atom. The lowest BCUT2D eigenvalue weighted by atomic mass is 9.98. The van der Waals surface area contributed by atoms with Crippen molar-refractivity contribution in [3.63, 3.8) is 0 Å². The molecule has 0 aromatic carbocycles. The first-order valence-electron chi connectivity index (χ1n) is 7.37. The van der Waals surface area contributed by atoms with E-state index >= 15 is 0 Å². The third kappa shape index (κ3) is 2.16. The highest BCUT2D eigenvalue weighted by Gasteiger charge is 2.33. The Morgan fingerprint density at radius 2 is 2.09 bits per heavy atom. The van der Waals surface area contributed by atoms with E-state index in [4.69, 9.17) is 14.8 Å². The minimum atomic E-state index is -0.868. The predicted molar refractivity (Wildman–Crippen MR) is 78.4 cm³/mol. The number of rotatable bonds is 2. The lowest BCUT2D eigenvalue weighted by Gasteiger charge is -2.35. The molecule has 2 aliphatic rings. The maximum atomic E-state index is 10.9. The van der Waals surface area contributed by atoms with Gasteiger partial charge in [0.15, 0.2) is 5.65 Å². The number of morpholine rings is 1. The molecule has 0 bridgehead atoms. The number of hydrogen-bond acceptors (Lipinski definition) is 5. The second kappa shape index (κ2) is 5.13. The SMILES string of the molecule is O=C(O)N1CC(c2cn3nccc(N4CCOCC4)c3n2)C1. The number of ether oxygens (including phenoxy) is 1. The number of amides is 1. The molecule has 2 aromatic heterocycles. The second-order valence-electron chi connectivity index (χ2n) is 5.63. The summed E-state index contributed by atoms with van der Waals surface area (Å²) >= 11 is 0. The average Bonchev–Trinajstić information content (AvgIpc) is 2.89. The summed E-state index contributed by atoms with van der Waals surface area (Å²) in [6, 6.07) is 1.97. The number of carbonyl (C=O) groups is 1. The predicted octanol–water partition coefficient (Wildman–Crippen LogP) is 0.643. The van der Waals surface area contributed by atoms with E-state index < -0.39 is 6.09 Å². The molecule has 4 heterocycles. The van der Waals surface area contributed by atoms with Gasteiger partial charge in [-0.1, -0.05) is 0 Å². The zero-order valence-corrected chi connectivity index (χ0v) is 12.1. The summed E-state index contributed by atoms with van der Waals surface area (Å²) in [6.45, 7) is 4.14. The largest absolute Gasteiger partial charge is 0.465 e. The van der Waals surface area contributed by atoms with Gasteiger partial charge >= 0.3 is 6.09 Å². The number of likely N-dealkylation sites (tertiary alicyclic amines) is 1. The van der Waals surface area contributed by atoms with Gasteiger partial charge in [0, 0.05) is 32.1 Å². The molecule has 8 nitrogen and oxygen atoms in total. The van der Waals surface area contributed by atoms with E-state index in [1.165, 1.54) is 4.90 Å². The van der Waals surface area contributed by atoms with E-state index in [1.807, 2.05) is 12.3 Å². The maximum Gasteiger partial charge on any atom is 0.407 e. The lowest BCUT2D eigenvalue weighted by molar-refractivity contribution is 0.104. The van der Waals surface area contributed by atoms with Crippen molar-refractivity contribution in [2.45, 2.75) is 5.92 Å². The molecular formula is C14H17N5O3. The number of anilines is 1. The Balaban J connectivity index is 1.62. The molecular weight excluding hydrogens is 286 g/mol. The van der Waals surface area contributed by atoms with Crippen molar-refractivity contribution >= 4 is 17.4 Å². The van der Waals surface area contributed by atoms with Crippen LogP contribution in [0, 0.1) is 0 Å². The van der Waals surface area contributed by atoms with E-state index in [9.17, 15) is 4.79 Å². The van der Waals surface area contributed by atoms with Crippen molar-refractivity contribution in [2.24, 2.45) is 0 Å². The molecule has 2 aliphatic heterocycles. The maximum absolute atomic E-state index is 10.9. The Labute approximate surface area is 126 Å². The molecule has 2 saturated heterocycles. The molecule has 0 spiro atoms. The molecule has 116 valence electrons. The topological polar surface area (TPSA) is 83.2 Å². The summed E-state index contributed by atoms with van der Waals surface area (Å²) in [4.78, 5) is 19.2. The van der Waals surface area contributed by atoms with Crippen molar-refractivity contribution in [2.75, 3.05) is 44.3 Å². The van der Waals surface area contributed by atoms with Gasteiger partial charge in [-0.25, -0.2) is 14.3 Å². The Hall–Kier alpha value is -2.35. The molecule has 8 heteroatoms. The molecule has 0 unspecified atom stereocenters. The van der Waals surface area contributed by atoms with Crippen LogP contribution >= 0.6 is 0 Å². The lowest BCUT2D eigenvalue weighted by Crippen LogP contribution is -2.47. The van der Waals surface area contributed by atoms with Crippen LogP contribution in [0.1, 0.15) is 11.6 Å².